The van der Waals surface area contributed by atoms with E-state index in [-0.39, 0.29) is 24.4 Å². The first-order valence-electron chi connectivity index (χ1n) is 7.10. The molecule has 3 heterocycles. The molecule has 0 saturated carbocycles. The summed E-state index contributed by atoms with van der Waals surface area (Å²) in [6.07, 6.45) is 4.76. The molecular formula is C13H18N6O2. The smallest absolute Gasteiger partial charge is 0.244 e. The lowest BCUT2D eigenvalue weighted by atomic mass is 10.2. The number of amides is 1. The van der Waals surface area contributed by atoms with Crippen molar-refractivity contribution < 1.29 is 9.32 Å². The minimum atomic E-state index is -0.0997. The average Bonchev–Trinajstić information content (AvgIpc) is 3.19. The predicted molar refractivity (Wildman–Crippen MR) is 72.1 cm³/mol. The molecule has 2 aromatic heterocycles. The van der Waals surface area contributed by atoms with Gasteiger partial charge in [0.25, 0.3) is 0 Å². The highest BCUT2D eigenvalue weighted by Gasteiger charge is 2.33. The van der Waals surface area contributed by atoms with Gasteiger partial charge < -0.3 is 9.42 Å². The SMILES string of the molecule is CC(C)c1nc(C2CCCN2C(=O)Cn2cncn2)no1. The van der Waals surface area contributed by atoms with Crippen molar-refractivity contribution in [3.05, 3.63) is 24.4 Å². The van der Waals surface area contributed by atoms with Crippen LogP contribution in [0.3, 0.4) is 0 Å². The number of rotatable bonds is 4. The third-order valence-corrected chi connectivity index (χ3v) is 3.59. The van der Waals surface area contributed by atoms with E-state index in [9.17, 15) is 4.79 Å². The molecule has 3 rings (SSSR count). The molecule has 0 N–H and O–H groups in total. The molecule has 0 aromatic carbocycles. The highest BCUT2D eigenvalue weighted by molar-refractivity contribution is 5.76. The highest BCUT2D eigenvalue weighted by Crippen LogP contribution is 2.31. The summed E-state index contributed by atoms with van der Waals surface area (Å²) < 4.78 is 6.77. The topological polar surface area (TPSA) is 89.9 Å². The van der Waals surface area contributed by atoms with E-state index in [0.717, 1.165) is 12.8 Å². The fourth-order valence-electron chi connectivity index (χ4n) is 2.49. The molecule has 1 atom stereocenters. The second-order valence-electron chi connectivity index (χ2n) is 5.48. The summed E-state index contributed by atoms with van der Waals surface area (Å²) in [7, 11) is 0. The summed E-state index contributed by atoms with van der Waals surface area (Å²) in [5, 5.41) is 8.00. The summed E-state index contributed by atoms with van der Waals surface area (Å²) in [4.78, 5) is 22.4. The molecule has 8 nitrogen and oxygen atoms in total. The van der Waals surface area contributed by atoms with Crippen LogP contribution >= 0.6 is 0 Å². The van der Waals surface area contributed by atoms with Crippen molar-refractivity contribution in [1.82, 2.24) is 29.8 Å². The number of likely N-dealkylation sites (tertiary alicyclic amines) is 1. The molecule has 0 bridgehead atoms. The molecule has 1 unspecified atom stereocenters. The average molecular weight is 290 g/mol. The molecule has 21 heavy (non-hydrogen) atoms. The van der Waals surface area contributed by atoms with Crippen molar-refractivity contribution >= 4 is 5.91 Å². The van der Waals surface area contributed by atoms with Gasteiger partial charge in [-0.2, -0.15) is 10.1 Å². The largest absolute Gasteiger partial charge is 0.339 e. The lowest BCUT2D eigenvalue weighted by Crippen LogP contribution is -2.34. The van der Waals surface area contributed by atoms with Crippen molar-refractivity contribution in [1.29, 1.82) is 0 Å². The van der Waals surface area contributed by atoms with Crippen molar-refractivity contribution in [3.63, 3.8) is 0 Å². The summed E-state index contributed by atoms with van der Waals surface area (Å²) in [5.41, 5.74) is 0. The van der Waals surface area contributed by atoms with Gasteiger partial charge in [-0.3, -0.25) is 4.79 Å². The first kappa shape index (κ1) is 13.7. The Kier molecular flexibility index (Phi) is 3.68. The summed E-state index contributed by atoms with van der Waals surface area (Å²) >= 11 is 0. The highest BCUT2D eigenvalue weighted by atomic mass is 16.5. The minimum Gasteiger partial charge on any atom is -0.339 e. The van der Waals surface area contributed by atoms with Crippen LogP contribution in [-0.4, -0.2) is 42.3 Å². The van der Waals surface area contributed by atoms with E-state index in [1.54, 1.807) is 4.90 Å². The third-order valence-electron chi connectivity index (χ3n) is 3.59. The maximum absolute atomic E-state index is 12.4. The Labute approximate surface area is 122 Å². The number of hydrogen-bond donors (Lipinski definition) is 0. The monoisotopic (exact) mass is 290 g/mol. The van der Waals surface area contributed by atoms with Crippen LogP contribution in [0.2, 0.25) is 0 Å². The van der Waals surface area contributed by atoms with Gasteiger partial charge in [0.1, 0.15) is 19.2 Å². The molecule has 1 fully saturated rings. The van der Waals surface area contributed by atoms with E-state index in [1.807, 2.05) is 13.8 Å². The van der Waals surface area contributed by atoms with Crippen LogP contribution in [0.5, 0.6) is 0 Å². The second kappa shape index (κ2) is 5.63. The first-order valence-corrected chi connectivity index (χ1v) is 7.10. The molecule has 0 spiro atoms. The van der Waals surface area contributed by atoms with E-state index in [1.165, 1.54) is 17.3 Å². The minimum absolute atomic E-state index is 0.00102. The lowest BCUT2D eigenvalue weighted by Gasteiger charge is -2.22. The van der Waals surface area contributed by atoms with Crippen molar-refractivity contribution in [3.8, 4) is 0 Å². The van der Waals surface area contributed by atoms with E-state index >= 15 is 0 Å². The standard InChI is InChI=1S/C13H18N6O2/c1-9(2)13-16-12(17-21-13)10-4-3-5-19(10)11(20)6-18-8-14-7-15-18/h7-10H,3-6H2,1-2H3. The Morgan fingerprint density at radius 3 is 3.05 bits per heavy atom. The van der Waals surface area contributed by atoms with E-state index < -0.39 is 0 Å². The van der Waals surface area contributed by atoms with Gasteiger partial charge in [-0.05, 0) is 12.8 Å². The maximum atomic E-state index is 12.4. The molecular weight excluding hydrogens is 272 g/mol. The Morgan fingerprint density at radius 2 is 2.38 bits per heavy atom. The van der Waals surface area contributed by atoms with Crippen LogP contribution in [0.25, 0.3) is 0 Å². The Morgan fingerprint density at radius 1 is 1.52 bits per heavy atom. The second-order valence-corrected chi connectivity index (χ2v) is 5.48. The molecule has 1 aliphatic heterocycles. The molecule has 8 heteroatoms. The number of carbonyl (C=O) groups is 1. The third kappa shape index (κ3) is 2.79. The molecule has 2 aromatic rings. The van der Waals surface area contributed by atoms with Gasteiger partial charge in [0.2, 0.25) is 11.8 Å². The fourth-order valence-corrected chi connectivity index (χ4v) is 2.49. The maximum Gasteiger partial charge on any atom is 0.244 e. The van der Waals surface area contributed by atoms with Gasteiger partial charge >= 0.3 is 0 Å². The summed E-state index contributed by atoms with van der Waals surface area (Å²) in [5.74, 6) is 1.40. The predicted octanol–water partition coefficient (Wildman–Crippen LogP) is 1.15. The zero-order valence-electron chi connectivity index (χ0n) is 12.1. The molecule has 1 amide bonds. The van der Waals surface area contributed by atoms with Gasteiger partial charge in [0.05, 0.1) is 6.04 Å². The van der Waals surface area contributed by atoms with E-state index in [2.05, 4.69) is 20.2 Å². The van der Waals surface area contributed by atoms with Crippen molar-refractivity contribution in [2.45, 2.75) is 45.2 Å². The molecule has 1 saturated heterocycles. The number of hydrogen-bond acceptors (Lipinski definition) is 6. The van der Waals surface area contributed by atoms with Crippen LogP contribution in [0.1, 0.15) is 50.4 Å². The molecule has 0 aliphatic carbocycles. The normalized spacial score (nSPS) is 18.6. The fraction of sp³-hybridized carbons (Fsp3) is 0.615. The summed E-state index contributed by atoms with van der Waals surface area (Å²) in [6.45, 7) is 4.90. The van der Waals surface area contributed by atoms with Crippen LogP contribution < -0.4 is 0 Å². The van der Waals surface area contributed by atoms with E-state index in [0.29, 0.717) is 18.3 Å². The van der Waals surface area contributed by atoms with Crippen molar-refractivity contribution in [2.24, 2.45) is 0 Å². The van der Waals surface area contributed by atoms with Gasteiger partial charge in [-0.1, -0.05) is 19.0 Å². The Bertz CT molecular complexity index is 606. The Balaban J connectivity index is 1.73. The van der Waals surface area contributed by atoms with Crippen LogP contribution in [0.15, 0.2) is 17.2 Å². The first-order chi connectivity index (χ1) is 10.1. The van der Waals surface area contributed by atoms with Gasteiger partial charge in [-0.25, -0.2) is 9.67 Å². The molecule has 0 radical (unpaired) electrons. The summed E-state index contributed by atoms with van der Waals surface area (Å²) in [6, 6.07) is -0.0997. The Hall–Kier alpha value is -2.25. The van der Waals surface area contributed by atoms with Crippen molar-refractivity contribution in [2.75, 3.05) is 6.54 Å². The zero-order chi connectivity index (χ0) is 14.8. The number of nitrogens with zero attached hydrogens (tertiary/aromatic N) is 6. The lowest BCUT2D eigenvalue weighted by molar-refractivity contribution is -0.133. The zero-order valence-corrected chi connectivity index (χ0v) is 12.1. The van der Waals surface area contributed by atoms with E-state index in [4.69, 9.17) is 4.52 Å². The number of aromatic nitrogens is 5. The molecule has 112 valence electrons. The quantitative estimate of drug-likeness (QED) is 0.839. The van der Waals surface area contributed by atoms with Gasteiger partial charge in [0, 0.05) is 12.5 Å². The van der Waals surface area contributed by atoms with Gasteiger partial charge in [-0.15, -0.1) is 0 Å². The van der Waals surface area contributed by atoms with Crippen LogP contribution in [0.4, 0.5) is 0 Å². The van der Waals surface area contributed by atoms with Crippen LogP contribution in [-0.2, 0) is 11.3 Å². The van der Waals surface area contributed by atoms with Gasteiger partial charge in [0.15, 0.2) is 5.82 Å². The molecule has 1 aliphatic rings. The van der Waals surface area contributed by atoms with Crippen LogP contribution in [0, 0.1) is 0 Å². The number of carbonyl (C=O) groups excluding carboxylic acids is 1.